The average Bonchev–Trinajstić information content (AvgIpc) is 3.34. The molecule has 29 heavy (non-hydrogen) atoms. The van der Waals surface area contributed by atoms with Crippen LogP contribution in [0, 0.1) is 12.3 Å². The van der Waals surface area contributed by atoms with Crippen molar-refractivity contribution in [2.45, 2.75) is 46.6 Å². The standard InChI is InChI=1S/C20H22N2.C5H11NO/c1-14-12-16-13-15(8-9-19(16)21-14)18-7-5-6-17(22-18)10-11-20(2,3)4;7-4-5-2-1-3-6-5/h5-13,21H,1-4H3;5-7H,1-4H2/b11-10+;. The van der Waals surface area contributed by atoms with Crippen molar-refractivity contribution in [1.82, 2.24) is 15.3 Å². The van der Waals surface area contributed by atoms with E-state index in [1.807, 2.05) is 6.07 Å². The van der Waals surface area contributed by atoms with E-state index in [0.717, 1.165) is 29.9 Å². The fourth-order valence-corrected chi connectivity index (χ4v) is 3.39. The molecule has 4 nitrogen and oxygen atoms in total. The number of aromatic nitrogens is 2. The molecule has 1 aliphatic rings. The quantitative estimate of drug-likeness (QED) is 0.566. The van der Waals surface area contributed by atoms with Gasteiger partial charge in [0.05, 0.1) is 18.0 Å². The van der Waals surface area contributed by atoms with E-state index in [0.29, 0.717) is 12.6 Å². The van der Waals surface area contributed by atoms with Gasteiger partial charge < -0.3 is 15.4 Å². The summed E-state index contributed by atoms with van der Waals surface area (Å²) in [5.41, 5.74) is 5.68. The maximum absolute atomic E-state index is 8.50. The van der Waals surface area contributed by atoms with Crippen LogP contribution in [0.1, 0.15) is 45.0 Å². The average molecular weight is 392 g/mol. The van der Waals surface area contributed by atoms with Crippen molar-refractivity contribution in [3.63, 3.8) is 0 Å². The number of H-pyrrole nitrogens is 1. The van der Waals surface area contributed by atoms with E-state index in [2.05, 4.69) is 86.5 Å². The van der Waals surface area contributed by atoms with Gasteiger partial charge in [-0.2, -0.15) is 0 Å². The summed E-state index contributed by atoms with van der Waals surface area (Å²) in [6.45, 7) is 10.0. The molecular weight excluding hydrogens is 358 g/mol. The van der Waals surface area contributed by atoms with Crippen molar-refractivity contribution >= 4 is 17.0 Å². The summed E-state index contributed by atoms with van der Waals surface area (Å²) >= 11 is 0. The summed E-state index contributed by atoms with van der Waals surface area (Å²) in [5, 5.41) is 12.9. The van der Waals surface area contributed by atoms with E-state index in [1.165, 1.54) is 23.0 Å². The zero-order chi connectivity index (χ0) is 20.9. The van der Waals surface area contributed by atoms with Crippen LogP contribution in [0.4, 0.5) is 0 Å². The van der Waals surface area contributed by atoms with Crippen LogP contribution in [0.25, 0.3) is 28.2 Å². The van der Waals surface area contributed by atoms with Gasteiger partial charge in [0.15, 0.2) is 0 Å². The maximum atomic E-state index is 8.50. The molecule has 0 radical (unpaired) electrons. The lowest BCUT2D eigenvalue weighted by molar-refractivity contribution is 0.255. The summed E-state index contributed by atoms with van der Waals surface area (Å²) in [7, 11) is 0. The first kappa shape index (κ1) is 21.3. The molecule has 4 heteroatoms. The molecule has 0 amide bonds. The Kier molecular flexibility index (Phi) is 6.88. The second-order valence-electron chi connectivity index (χ2n) is 8.88. The smallest absolute Gasteiger partial charge is 0.0709 e. The van der Waals surface area contributed by atoms with Gasteiger partial charge in [0, 0.05) is 28.2 Å². The van der Waals surface area contributed by atoms with Crippen molar-refractivity contribution in [3.8, 4) is 11.3 Å². The van der Waals surface area contributed by atoms with Crippen molar-refractivity contribution in [2.24, 2.45) is 5.41 Å². The molecule has 1 aromatic carbocycles. The third-order valence-corrected chi connectivity index (χ3v) is 4.96. The van der Waals surface area contributed by atoms with Gasteiger partial charge in [0.25, 0.3) is 0 Å². The summed E-state index contributed by atoms with van der Waals surface area (Å²) in [6, 6.07) is 15.2. The van der Waals surface area contributed by atoms with Crippen LogP contribution in [-0.2, 0) is 0 Å². The van der Waals surface area contributed by atoms with Gasteiger partial charge >= 0.3 is 0 Å². The number of aryl methyl sites for hydroxylation is 1. The van der Waals surface area contributed by atoms with Crippen LogP contribution in [0.15, 0.2) is 48.5 Å². The molecule has 0 spiro atoms. The normalized spacial score (nSPS) is 16.9. The van der Waals surface area contributed by atoms with Gasteiger partial charge in [0.2, 0.25) is 0 Å². The highest BCUT2D eigenvalue weighted by molar-refractivity contribution is 5.85. The number of hydrogen-bond donors (Lipinski definition) is 3. The number of fused-ring (bicyclic) bond motifs is 1. The Morgan fingerprint density at radius 3 is 2.66 bits per heavy atom. The molecule has 1 atom stereocenters. The van der Waals surface area contributed by atoms with Crippen LogP contribution in [0.3, 0.4) is 0 Å². The first-order chi connectivity index (χ1) is 13.8. The van der Waals surface area contributed by atoms with Gasteiger partial charge in [-0.1, -0.05) is 39.0 Å². The molecular formula is C25H33N3O. The molecule has 3 aromatic rings. The largest absolute Gasteiger partial charge is 0.395 e. The lowest BCUT2D eigenvalue weighted by atomic mass is 9.96. The third kappa shape index (κ3) is 6.28. The summed E-state index contributed by atoms with van der Waals surface area (Å²) in [6.07, 6.45) is 6.67. The fourth-order valence-electron chi connectivity index (χ4n) is 3.39. The molecule has 1 aliphatic heterocycles. The lowest BCUT2D eigenvalue weighted by Gasteiger charge is -2.11. The Morgan fingerprint density at radius 1 is 1.17 bits per heavy atom. The van der Waals surface area contributed by atoms with Crippen LogP contribution >= 0.6 is 0 Å². The Labute approximate surface area is 174 Å². The number of aliphatic hydroxyl groups excluding tert-OH is 1. The fraction of sp³-hybridized carbons (Fsp3) is 0.400. The number of pyridine rings is 1. The highest BCUT2D eigenvalue weighted by atomic mass is 16.3. The Morgan fingerprint density at radius 2 is 2.00 bits per heavy atom. The molecule has 4 rings (SSSR count). The number of benzene rings is 1. The van der Waals surface area contributed by atoms with E-state index < -0.39 is 0 Å². The van der Waals surface area contributed by atoms with Crippen LogP contribution in [0.2, 0.25) is 0 Å². The summed E-state index contributed by atoms with van der Waals surface area (Å²) in [4.78, 5) is 8.12. The van der Waals surface area contributed by atoms with Crippen LogP contribution in [0.5, 0.6) is 0 Å². The number of nitrogens with one attached hydrogen (secondary N) is 2. The first-order valence-electron chi connectivity index (χ1n) is 10.4. The molecule has 154 valence electrons. The zero-order valence-electron chi connectivity index (χ0n) is 18.0. The van der Waals surface area contributed by atoms with E-state index in [4.69, 9.17) is 10.1 Å². The second-order valence-corrected chi connectivity index (χ2v) is 8.88. The molecule has 0 saturated carbocycles. The van der Waals surface area contributed by atoms with Crippen molar-refractivity contribution < 1.29 is 5.11 Å². The minimum atomic E-state index is 0.166. The zero-order valence-corrected chi connectivity index (χ0v) is 18.0. The molecule has 3 N–H and O–H groups in total. The monoisotopic (exact) mass is 391 g/mol. The number of allylic oxidation sites excluding steroid dienone is 1. The van der Waals surface area contributed by atoms with Gasteiger partial charge in [-0.05, 0) is 68.1 Å². The van der Waals surface area contributed by atoms with E-state index >= 15 is 0 Å². The number of nitrogens with zero attached hydrogens (tertiary/aromatic N) is 1. The minimum Gasteiger partial charge on any atom is -0.395 e. The molecule has 1 unspecified atom stereocenters. The number of aromatic amines is 1. The van der Waals surface area contributed by atoms with Gasteiger partial charge in [-0.15, -0.1) is 0 Å². The molecule has 0 bridgehead atoms. The SMILES string of the molecule is Cc1cc2cc(-c3cccc(/C=C/C(C)(C)C)n3)ccc2[nH]1.OCC1CCCN1. The number of rotatable bonds is 3. The predicted octanol–water partition coefficient (Wildman–Crippen LogP) is 5.33. The number of aliphatic hydroxyl groups is 1. The van der Waals surface area contributed by atoms with Crippen molar-refractivity contribution in [3.05, 3.63) is 59.9 Å². The van der Waals surface area contributed by atoms with Crippen LogP contribution in [-0.4, -0.2) is 34.3 Å². The molecule has 1 saturated heterocycles. The third-order valence-electron chi connectivity index (χ3n) is 4.96. The van der Waals surface area contributed by atoms with Gasteiger partial charge in [-0.3, -0.25) is 0 Å². The Hall–Kier alpha value is -2.43. The molecule has 2 aromatic heterocycles. The maximum Gasteiger partial charge on any atom is 0.0709 e. The first-order valence-corrected chi connectivity index (χ1v) is 10.4. The predicted molar refractivity (Wildman–Crippen MR) is 123 cm³/mol. The minimum absolute atomic E-state index is 0.166. The highest BCUT2D eigenvalue weighted by Crippen LogP contribution is 2.24. The van der Waals surface area contributed by atoms with Crippen molar-refractivity contribution in [1.29, 1.82) is 0 Å². The number of hydrogen-bond acceptors (Lipinski definition) is 3. The van der Waals surface area contributed by atoms with Gasteiger partial charge in [-0.25, -0.2) is 4.98 Å². The Balaban J connectivity index is 0.000000290. The van der Waals surface area contributed by atoms with Gasteiger partial charge in [0.1, 0.15) is 0 Å². The molecule has 1 fully saturated rings. The highest BCUT2D eigenvalue weighted by Gasteiger charge is 2.10. The summed E-state index contributed by atoms with van der Waals surface area (Å²) < 4.78 is 0. The molecule has 3 heterocycles. The topological polar surface area (TPSA) is 60.9 Å². The second kappa shape index (κ2) is 9.38. The van der Waals surface area contributed by atoms with E-state index in [9.17, 15) is 0 Å². The summed E-state index contributed by atoms with van der Waals surface area (Å²) in [5.74, 6) is 0. The molecule has 0 aliphatic carbocycles. The van der Waals surface area contributed by atoms with E-state index in [-0.39, 0.29) is 5.41 Å². The van der Waals surface area contributed by atoms with Crippen molar-refractivity contribution in [2.75, 3.05) is 13.2 Å². The van der Waals surface area contributed by atoms with Crippen LogP contribution < -0.4 is 5.32 Å². The van der Waals surface area contributed by atoms with E-state index in [1.54, 1.807) is 0 Å². The Bertz CT molecular complexity index is 960. The lowest BCUT2D eigenvalue weighted by Crippen LogP contribution is -2.24.